The van der Waals surface area contributed by atoms with E-state index in [-0.39, 0.29) is 11.9 Å². The van der Waals surface area contributed by atoms with Gasteiger partial charge in [-0.15, -0.1) is 0 Å². The van der Waals surface area contributed by atoms with E-state index in [1.54, 1.807) is 12.1 Å². The SMILES string of the molecule is CC(C)C1CC(O)(Cc2cc(Br)ccc2F)CCO1. The summed E-state index contributed by atoms with van der Waals surface area (Å²) in [4.78, 5) is 0. The second-order valence-corrected chi connectivity index (χ2v) is 6.66. The normalized spacial score (nSPS) is 27.8. The van der Waals surface area contributed by atoms with Gasteiger partial charge in [-0.3, -0.25) is 0 Å². The van der Waals surface area contributed by atoms with Crippen molar-refractivity contribution in [3.63, 3.8) is 0 Å². The molecule has 2 unspecified atom stereocenters. The molecule has 0 aliphatic carbocycles. The van der Waals surface area contributed by atoms with E-state index in [4.69, 9.17) is 4.74 Å². The molecule has 0 radical (unpaired) electrons. The zero-order valence-corrected chi connectivity index (χ0v) is 12.9. The van der Waals surface area contributed by atoms with Crippen LogP contribution in [0.25, 0.3) is 0 Å². The highest BCUT2D eigenvalue weighted by Crippen LogP contribution is 2.32. The molecule has 106 valence electrons. The van der Waals surface area contributed by atoms with E-state index in [0.29, 0.717) is 37.4 Å². The summed E-state index contributed by atoms with van der Waals surface area (Å²) >= 11 is 3.34. The minimum Gasteiger partial charge on any atom is -0.389 e. The number of ether oxygens (including phenoxy) is 1. The Morgan fingerprint density at radius 1 is 1.53 bits per heavy atom. The molecule has 1 aliphatic rings. The van der Waals surface area contributed by atoms with Gasteiger partial charge in [-0.05, 0) is 36.1 Å². The van der Waals surface area contributed by atoms with Gasteiger partial charge in [0.25, 0.3) is 0 Å². The first-order valence-corrected chi connectivity index (χ1v) is 7.47. The van der Waals surface area contributed by atoms with Gasteiger partial charge < -0.3 is 9.84 Å². The van der Waals surface area contributed by atoms with Crippen LogP contribution in [0, 0.1) is 11.7 Å². The fourth-order valence-corrected chi connectivity index (χ4v) is 2.97. The maximum atomic E-state index is 13.8. The van der Waals surface area contributed by atoms with Crippen molar-refractivity contribution in [3.05, 3.63) is 34.1 Å². The van der Waals surface area contributed by atoms with Crippen LogP contribution in [0.2, 0.25) is 0 Å². The summed E-state index contributed by atoms with van der Waals surface area (Å²) in [5.74, 6) is 0.100. The summed E-state index contributed by atoms with van der Waals surface area (Å²) in [7, 11) is 0. The second-order valence-electron chi connectivity index (χ2n) is 5.74. The Kier molecular flexibility index (Phi) is 4.64. The smallest absolute Gasteiger partial charge is 0.126 e. The fourth-order valence-electron chi connectivity index (χ4n) is 2.56. The molecule has 0 aromatic heterocycles. The highest BCUT2D eigenvalue weighted by atomic mass is 79.9. The molecule has 1 N–H and O–H groups in total. The lowest BCUT2D eigenvalue weighted by atomic mass is 9.82. The summed E-state index contributed by atoms with van der Waals surface area (Å²) < 4.78 is 20.3. The van der Waals surface area contributed by atoms with Gasteiger partial charge in [0.2, 0.25) is 0 Å². The topological polar surface area (TPSA) is 29.5 Å². The van der Waals surface area contributed by atoms with E-state index < -0.39 is 5.60 Å². The van der Waals surface area contributed by atoms with Crippen molar-refractivity contribution >= 4 is 15.9 Å². The second kappa shape index (κ2) is 5.90. The summed E-state index contributed by atoms with van der Waals surface area (Å²) in [5.41, 5.74) is -0.310. The summed E-state index contributed by atoms with van der Waals surface area (Å²) in [5, 5.41) is 10.7. The average Bonchev–Trinajstić information content (AvgIpc) is 2.33. The molecular formula is C15H20BrFO2. The van der Waals surface area contributed by atoms with E-state index >= 15 is 0 Å². The summed E-state index contributed by atoms with van der Waals surface area (Å²) in [6.07, 6.45) is 1.51. The van der Waals surface area contributed by atoms with Gasteiger partial charge in [-0.1, -0.05) is 29.8 Å². The van der Waals surface area contributed by atoms with Crippen molar-refractivity contribution in [2.24, 2.45) is 5.92 Å². The van der Waals surface area contributed by atoms with E-state index in [2.05, 4.69) is 29.8 Å². The largest absolute Gasteiger partial charge is 0.389 e. The van der Waals surface area contributed by atoms with E-state index in [1.165, 1.54) is 6.07 Å². The van der Waals surface area contributed by atoms with Gasteiger partial charge in [0.05, 0.1) is 11.7 Å². The molecule has 1 aromatic rings. The first-order chi connectivity index (χ1) is 8.89. The minimum absolute atomic E-state index is 0.0500. The third kappa shape index (κ3) is 3.77. The van der Waals surface area contributed by atoms with Crippen LogP contribution >= 0.6 is 15.9 Å². The van der Waals surface area contributed by atoms with Crippen molar-refractivity contribution in [3.8, 4) is 0 Å². The molecule has 0 spiro atoms. The maximum absolute atomic E-state index is 13.8. The molecule has 2 atom stereocenters. The van der Waals surface area contributed by atoms with Crippen LogP contribution in [0.3, 0.4) is 0 Å². The maximum Gasteiger partial charge on any atom is 0.126 e. The quantitative estimate of drug-likeness (QED) is 0.915. The van der Waals surface area contributed by atoms with E-state index in [9.17, 15) is 9.50 Å². The molecule has 0 amide bonds. The van der Waals surface area contributed by atoms with Crippen molar-refractivity contribution in [1.29, 1.82) is 0 Å². The van der Waals surface area contributed by atoms with Gasteiger partial charge in [0, 0.05) is 23.9 Å². The zero-order valence-electron chi connectivity index (χ0n) is 11.3. The number of rotatable bonds is 3. The Morgan fingerprint density at radius 2 is 2.26 bits per heavy atom. The number of hydrogen-bond donors (Lipinski definition) is 1. The Hall–Kier alpha value is -0.450. The molecule has 4 heteroatoms. The monoisotopic (exact) mass is 330 g/mol. The first-order valence-electron chi connectivity index (χ1n) is 6.67. The molecule has 19 heavy (non-hydrogen) atoms. The third-order valence-electron chi connectivity index (χ3n) is 3.75. The van der Waals surface area contributed by atoms with Crippen LogP contribution in [-0.4, -0.2) is 23.4 Å². The lowest BCUT2D eigenvalue weighted by Gasteiger charge is -2.38. The molecule has 1 saturated heterocycles. The lowest BCUT2D eigenvalue weighted by Crippen LogP contribution is -2.44. The van der Waals surface area contributed by atoms with Gasteiger partial charge in [0.1, 0.15) is 5.82 Å². The van der Waals surface area contributed by atoms with Gasteiger partial charge in [-0.25, -0.2) is 4.39 Å². The van der Waals surface area contributed by atoms with E-state index in [1.807, 2.05) is 0 Å². The minimum atomic E-state index is -0.866. The molecule has 2 nitrogen and oxygen atoms in total. The van der Waals surface area contributed by atoms with Crippen LogP contribution in [0.4, 0.5) is 4.39 Å². The van der Waals surface area contributed by atoms with Crippen molar-refractivity contribution in [1.82, 2.24) is 0 Å². The molecule has 2 rings (SSSR count). The standard InChI is InChI=1S/C15H20BrFO2/c1-10(2)14-9-15(18,5-6-19-14)8-11-7-12(16)3-4-13(11)17/h3-4,7,10,14,18H,5-6,8-9H2,1-2H3. The lowest BCUT2D eigenvalue weighted by molar-refractivity contribution is -0.116. The highest BCUT2D eigenvalue weighted by Gasteiger charge is 2.36. The molecule has 1 fully saturated rings. The van der Waals surface area contributed by atoms with Crippen LogP contribution in [-0.2, 0) is 11.2 Å². The fraction of sp³-hybridized carbons (Fsp3) is 0.600. The highest BCUT2D eigenvalue weighted by molar-refractivity contribution is 9.10. The van der Waals surface area contributed by atoms with Crippen molar-refractivity contribution in [2.75, 3.05) is 6.61 Å². The van der Waals surface area contributed by atoms with Crippen LogP contribution in [0.15, 0.2) is 22.7 Å². The summed E-state index contributed by atoms with van der Waals surface area (Å²) in [6, 6.07) is 4.85. The Morgan fingerprint density at radius 3 is 2.95 bits per heavy atom. The Bertz CT molecular complexity index is 450. The van der Waals surface area contributed by atoms with Gasteiger partial charge in [0.15, 0.2) is 0 Å². The number of benzene rings is 1. The Balaban J connectivity index is 2.14. The summed E-state index contributed by atoms with van der Waals surface area (Å²) in [6.45, 7) is 4.70. The van der Waals surface area contributed by atoms with Crippen LogP contribution in [0.1, 0.15) is 32.3 Å². The molecule has 0 bridgehead atoms. The average molecular weight is 331 g/mol. The third-order valence-corrected chi connectivity index (χ3v) is 4.24. The van der Waals surface area contributed by atoms with Gasteiger partial charge >= 0.3 is 0 Å². The number of hydrogen-bond acceptors (Lipinski definition) is 2. The zero-order chi connectivity index (χ0) is 14.0. The molecular weight excluding hydrogens is 311 g/mol. The molecule has 1 heterocycles. The van der Waals surface area contributed by atoms with Crippen molar-refractivity contribution in [2.45, 2.75) is 44.8 Å². The number of aliphatic hydroxyl groups is 1. The van der Waals surface area contributed by atoms with Crippen molar-refractivity contribution < 1.29 is 14.2 Å². The predicted molar refractivity (Wildman–Crippen MR) is 76.6 cm³/mol. The van der Waals surface area contributed by atoms with Crippen LogP contribution in [0.5, 0.6) is 0 Å². The predicted octanol–water partition coefficient (Wildman–Crippen LogP) is 3.70. The molecule has 0 saturated carbocycles. The van der Waals surface area contributed by atoms with E-state index in [0.717, 1.165) is 4.47 Å². The number of halogens is 2. The van der Waals surface area contributed by atoms with Crippen LogP contribution < -0.4 is 0 Å². The Labute approximate surface area is 122 Å². The van der Waals surface area contributed by atoms with Gasteiger partial charge in [-0.2, -0.15) is 0 Å². The molecule has 1 aliphatic heterocycles. The molecule has 1 aromatic carbocycles. The first kappa shape index (κ1) is 14.9.